The zero-order chi connectivity index (χ0) is 15.7. The van der Waals surface area contributed by atoms with Crippen molar-refractivity contribution in [2.45, 2.75) is 38.6 Å². The van der Waals surface area contributed by atoms with Crippen LogP contribution in [0.15, 0.2) is 24.3 Å². The van der Waals surface area contributed by atoms with Crippen LogP contribution < -0.4 is 10.6 Å². The lowest BCUT2D eigenvalue weighted by molar-refractivity contribution is -0.384. The van der Waals surface area contributed by atoms with Gasteiger partial charge in [-0.15, -0.1) is 0 Å². The topological polar surface area (TPSA) is 67.2 Å². The van der Waals surface area contributed by atoms with Crippen LogP contribution in [0.1, 0.15) is 32.6 Å². The zero-order valence-electron chi connectivity index (χ0n) is 12.6. The molecule has 4 atom stereocenters. The highest BCUT2D eigenvalue weighted by Crippen LogP contribution is 2.49. The molecule has 118 valence electrons. The van der Waals surface area contributed by atoms with Gasteiger partial charge < -0.3 is 10.6 Å². The number of fused-ring (bicyclic) bond motifs is 2. The van der Waals surface area contributed by atoms with Gasteiger partial charge in [-0.05, 0) is 68.3 Å². The predicted molar refractivity (Wildman–Crippen MR) is 90.9 cm³/mol. The van der Waals surface area contributed by atoms with Crippen LogP contribution >= 0.6 is 12.2 Å². The number of anilines is 1. The van der Waals surface area contributed by atoms with E-state index < -0.39 is 4.92 Å². The first-order valence-corrected chi connectivity index (χ1v) is 8.25. The van der Waals surface area contributed by atoms with Gasteiger partial charge in [0.05, 0.1) is 4.92 Å². The maximum absolute atomic E-state index is 10.6. The highest BCUT2D eigenvalue weighted by Gasteiger charge is 2.41. The minimum atomic E-state index is -0.405. The van der Waals surface area contributed by atoms with Crippen molar-refractivity contribution in [3.05, 3.63) is 34.4 Å². The van der Waals surface area contributed by atoms with E-state index in [2.05, 4.69) is 17.6 Å². The van der Waals surface area contributed by atoms with E-state index in [1.165, 1.54) is 37.8 Å². The number of hydrogen-bond donors (Lipinski definition) is 2. The Labute approximate surface area is 135 Å². The molecular formula is C16H21N3O2S. The fourth-order valence-electron chi connectivity index (χ4n) is 4.05. The average Bonchev–Trinajstić information content (AvgIpc) is 3.10. The second kappa shape index (κ2) is 6.20. The molecule has 0 aliphatic heterocycles. The van der Waals surface area contributed by atoms with Crippen LogP contribution in [0.4, 0.5) is 11.4 Å². The van der Waals surface area contributed by atoms with Crippen LogP contribution in [0.3, 0.4) is 0 Å². The van der Waals surface area contributed by atoms with Crippen molar-refractivity contribution in [3.8, 4) is 0 Å². The molecule has 0 radical (unpaired) electrons. The Bertz CT molecular complexity index is 575. The molecule has 0 saturated heterocycles. The third-order valence-corrected chi connectivity index (χ3v) is 5.35. The number of non-ortho nitro benzene ring substituents is 1. The summed E-state index contributed by atoms with van der Waals surface area (Å²) in [5, 5.41) is 17.7. The molecule has 5 nitrogen and oxygen atoms in total. The van der Waals surface area contributed by atoms with E-state index in [0.717, 1.165) is 23.4 Å². The fraction of sp³-hybridized carbons (Fsp3) is 0.562. The van der Waals surface area contributed by atoms with Crippen molar-refractivity contribution >= 4 is 28.7 Å². The molecule has 2 aliphatic rings. The molecule has 3 rings (SSSR count). The van der Waals surface area contributed by atoms with Crippen molar-refractivity contribution in [1.29, 1.82) is 0 Å². The SMILES string of the molecule is C[C@@H](NC(=S)Nc1ccc([N+](=O)[O-])cc1)[C@@H]1C[C@H]2CC[C@H]1C2. The highest BCUT2D eigenvalue weighted by atomic mass is 32.1. The van der Waals surface area contributed by atoms with Crippen LogP contribution in [-0.4, -0.2) is 16.1 Å². The second-order valence-corrected chi connectivity index (χ2v) is 6.94. The van der Waals surface area contributed by atoms with E-state index in [4.69, 9.17) is 12.2 Å². The summed E-state index contributed by atoms with van der Waals surface area (Å²) in [5.74, 6) is 2.50. The first-order chi connectivity index (χ1) is 10.5. The highest BCUT2D eigenvalue weighted by molar-refractivity contribution is 7.80. The summed E-state index contributed by atoms with van der Waals surface area (Å²) in [5.41, 5.74) is 0.850. The van der Waals surface area contributed by atoms with Crippen molar-refractivity contribution in [3.63, 3.8) is 0 Å². The van der Waals surface area contributed by atoms with Gasteiger partial charge in [-0.25, -0.2) is 0 Å². The quantitative estimate of drug-likeness (QED) is 0.503. The minimum Gasteiger partial charge on any atom is -0.360 e. The van der Waals surface area contributed by atoms with E-state index in [9.17, 15) is 10.1 Å². The molecule has 2 bridgehead atoms. The first-order valence-electron chi connectivity index (χ1n) is 7.85. The summed E-state index contributed by atoms with van der Waals surface area (Å²) in [4.78, 5) is 10.2. The molecule has 22 heavy (non-hydrogen) atoms. The smallest absolute Gasteiger partial charge is 0.269 e. The van der Waals surface area contributed by atoms with Crippen LogP contribution in [-0.2, 0) is 0 Å². The Morgan fingerprint density at radius 3 is 2.59 bits per heavy atom. The Balaban J connectivity index is 1.52. The Kier molecular flexibility index (Phi) is 4.29. The lowest BCUT2D eigenvalue weighted by atomic mass is 9.84. The number of nitro groups is 1. The molecule has 0 heterocycles. The summed E-state index contributed by atoms with van der Waals surface area (Å²) in [6.07, 6.45) is 5.47. The molecule has 1 aromatic rings. The van der Waals surface area contributed by atoms with Crippen molar-refractivity contribution in [2.75, 3.05) is 5.32 Å². The van der Waals surface area contributed by atoms with Gasteiger partial charge in [0, 0.05) is 23.9 Å². The van der Waals surface area contributed by atoms with Crippen molar-refractivity contribution in [1.82, 2.24) is 5.32 Å². The van der Waals surface area contributed by atoms with Crippen LogP contribution in [0.2, 0.25) is 0 Å². The average molecular weight is 319 g/mol. The summed E-state index contributed by atoms with van der Waals surface area (Å²) in [6.45, 7) is 2.20. The number of thiocarbonyl (C=S) groups is 1. The molecule has 2 fully saturated rings. The Morgan fingerprint density at radius 1 is 1.32 bits per heavy atom. The molecule has 0 spiro atoms. The number of hydrogen-bond acceptors (Lipinski definition) is 3. The fourth-order valence-corrected chi connectivity index (χ4v) is 4.36. The third kappa shape index (κ3) is 3.21. The lowest BCUT2D eigenvalue weighted by Crippen LogP contribution is -2.42. The summed E-state index contributed by atoms with van der Waals surface area (Å²) in [7, 11) is 0. The van der Waals surface area contributed by atoms with Gasteiger partial charge >= 0.3 is 0 Å². The van der Waals surface area contributed by atoms with Crippen LogP contribution in [0.25, 0.3) is 0 Å². The number of nitro benzene ring substituents is 1. The number of benzene rings is 1. The molecule has 2 N–H and O–H groups in total. The lowest BCUT2D eigenvalue weighted by Gasteiger charge is -2.29. The van der Waals surface area contributed by atoms with E-state index >= 15 is 0 Å². The molecule has 0 aromatic heterocycles. The van der Waals surface area contributed by atoms with Crippen molar-refractivity contribution in [2.24, 2.45) is 17.8 Å². The molecule has 6 heteroatoms. The number of nitrogens with zero attached hydrogens (tertiary/aromatic N) is 1. The maximum atomic E-state index is 10.6. The Hall–Kier alpha value is -1.69. The van der Waals surface area contributed by atoms with Gasteiger partial charge in [-0.3, -0.25) is 10.1 Å². The van der Waals surface area contributed by atoms with Gasteiger partial charge in [0.25, 0.3) is 5.69 Å². The second-order valence-electron chi connectivity index (χ2n) is 6.53. The molecule has 2 saturated carbocycles. The van der Waals surface area contributed by atoms with Gasteiger partial charge in [-0.2, -0.15) is 0 Å². The summed E-state index contributed by atoms with van der Waals surface area (Å²) in [6, 6.07) is 6.67. The maximum Gasteiger partial charge on any atom is 0.269 e. The molecule has 2 aliphatic carbocycles. The monoisotopic (exact) mass is 319 g/mol. The normalized spacial score (nSPS) is 27.4. The first kappa shape index (κ1) is 15.2. The van der Waals surface area contributed by atoms with Crippen LogP contribution in [0, 0.1) is 27.9 Å². The minimum absolute atomic E-state index is 0.0831. The molecule has 0 amide bonds. The van der Waals surface area contributed by atoms with Crippen molar-refractivity contribution < 1.29 is 4.92 Å². The molecular weight excluding hydrogens is 298 g/mol. The van der Waals surface area contributed by atoms with E-state index in [0.29, 0.717) is 11.2 Å². The predicted octanol–water partition coefficient (Wildman–Crippen LogP) is 3.71. The number of rotatable bonds is 4. The van der Waals surface area contributed by atoms with Gasteiger partial charge in [0.2, 0.25) is 0 Å². The van der Waals surface area contributed by atoms with Gasteiger partial charge in [0.15, 0.2) is 5.11 Å². The number of nitrogens with one attached hydrogen (secondary N) is 2. The van der Waals surface area contributed by atoms with Gasteiger partial charge in [-0.1, -0.05) is 6.42 Å². The van der Waals surface area contributed by atoms with Gasteiger partial charge in [0.1, 0.15) is 0 Å². The summed E-state index contributed by atoms with van der Waals surface area (Å²) < 4.78 is 0. The molecule has 0 unspecified atom stereocenters. The standard InChI is InChI=1S/C16H21N3O2S/c1-10(15-9-11-2-3-12(15)8-11)17-16(22)18-13-4-6-14(7-5-13)19(20)21/h4-7,10-12,15H,2-3,8-9H2,1H3,(H2,17,18,22)/t10-,11+,12+,15+/m1/s1. The zero-order valence-corrected chi connectivity index (χ0v) is 13.4. The van der Waals surface area contributed by atoms with E-state index in [-0.39, 0.29) is 5.69 Å². The van der Waals surface area contributed by atoms with E-state index in [1.807, 2.05) is 0 Å². The van der Waals surface area contributed by atoms with Crippen LogP contribution in [0.5, 0.6) is 0 Å². The Morgan fingerprint density at radius 2 is 2.05 bits per heavy atom. The molecule has 1 aromatic carbocycles. The van der Waals surface area contributed by atoms with E-state index in [1.54, 1.807) is 12.1 Å². The third-order valence-electron chi connectivity index (χ3n) is 5.13. The summed E-state index contributed by atoms with van der Waals surface area (Å²) >= 11 is 5.36. The largest absolute Gasteiger partial charge is 0.360 e.